The topological polar surface area (TPSA) is 26.3 Å². The standard InChI is InChI=1S/C14H18O2/c1-14(2,3)10-9-13(15)16-11-12-7-5-4-6-8-12/h4-10H,11H2,1-3H3/b10-9-. The molecule has 0 fully saturated rings. The number of ether oxygens (including phenoxy) is 1. The molecule has 16 heavy (non-hydrogen) atoms. The monoisotopic (exact) mass is 218 g/mol. The van der Waals surface area contributed by atoms with Crippen molar-refractivity contribution >= 4 is 5.97 Å². The van der Waals surface area contributed by atoms with E-state index in [2.05, 4.69) is 0 Å². The Kier molecular flexibility index (Phi) is 4.29. The van der Waals surface area contributed by atoms with Crippen LogP contribution >= 0.6 is 0 Å². The van der Waals surface area contributed by atoms with Crippen molar-refractivity contribution < 1.29 is 9.53 Å². The summed E-state index contributed by atoms with van der Waals surface area (Å²) in [5.41, 5.74) is 1.01. The van der Waals surface area contributed by atoms with Crippen molar-refractivity contribution in [2.24, 2.45) is 5.41 Å². The minimum absolute atomic E-state index is 0.00572. The van der Waals surface area contributed by atoms with Gasteiger partial charge in [0.2, 0.25) is 0 Å². The number of carbonyl (C=O) groups is 1. The molecule has 1 aromatic carbocycles. The molecule has 0 spiro atoms. The molecule has 0 radical (unpaired) electrons. The Bertz CT molecular complexity index is 358. The van der Waals surface area contributed by atoms with Crippen molar-refractivity contribution in [3.8, 4) is 0 Å². The maximum atomic E-state index is 11.4. The first-order valence-electron chi connectivity index (χ1n) is 5.37. The van der Waals surface area contributed by atoms with Crippen molar-refractivity contribution in [3.63, 3.8) is 0 Å². The summed E-state index contributed by atoms with van der Waals surface area (Å²) < 4.78 is 5.10. The van der Waals surface area contributed by atoms with E-state index in [-0.39, 0.29) is 11.4 Å². The third kappa shape index (κ3) is 5.35. The van der Waals surface area contributed by atoms with Crippen LogP contribution in [-0.2, 0) is 16.1 Å². The zero-order chi connectivity index (χ0) is 12.0. The second-order valence-corrected chi connectivity index (χ2v) is 4.79. The molecule has 1 aromatic rings. The fourth-order valence-electron chi connectivity index (χ4n) is 1.09. The van der Waals surface area contributed by atoms with Crippen LogP contribution in [0.2, 0.25) is 0 Å². The molecular weight excluding hydrogens is 200 g/mol. The maximum Gasteiger partial charge on any atom is 0.330 e. The summed E-state index contributed by atoms with van der Waals surface area (Å²) in [6.07, 6.45) is 3.34. The van der Waals surface area contributed by atoms with E-state index < -0.39 is 0 Å². The van der Waals surface area contributed by atoms with Gasteiger partial charge in [-0.3, -0.25) is 0 Å². The molecule has 0 saturated carbocycles. The van der Waals surface area contributed by atoms with Gasteiger partial charge in [0.15, 0.2) is 0 Å². The fraction of sp³-hybridized carbons (Fsp3) is 0.357. The highest BCUT2D eigenvalue weighted by Gasteiger charge is 2.05. The van der Waals surface area contributed by atoms with Crippen LogP contribution in [0.1, 0.15) is 26.3 Å². The van der Waals surface area contributed by atoms with Gasteiger partial charge in [-0.1, -0.05) is 57.2 Å². The summed E-state index contributed by atoms with van der Waals surface area (Å²) in [5, 5.41) is 0. The smallest absolute Gasteiger partial charge is 0.330 e. The lowest BCUT2D eigenvalue weighted by atomic mass is 9.96. The molecule has 0 aromatic heterocycles. The molecule has 0 aliphatic heterocycles. The molecule has 0 amide bonds. The Morgan fingerprint density at radius 2 is 1.88 bits per heavy atom. The summed E-state index contributed by atoms with van der Waals surface area (Å²) in [6.45, 7) is 6.43. The summed E-state index contributed by atoms with van der Waals surface area (Å²) in [5.74, 6) is -0.293. The van der Waals surface area contributed by atoms with E-state index in [0.717, 1.165) is 5.56 Å². The third-order valence-electron chi connectivity index (χ3n) is 1.94. The van der Waals surface area contributed by atoms with E-state index in [0.29, 0.717) is 6.61 Å². The van der Waals surface area contributed by atoms with E-state index in [4.69, 9.17) is 4.74 Å². The van der Waals surface area contributed by atoms with Gasteiger partial charge in [-0.15, -0.1) is 0 Å². The van der Waals surface area contributed by atoms with Gasteiger partial charge in [0, 0.05) is 6.08 Å². The van der Waals surface area contributed by atoms with Gasteiger partial charge in [-0.05, 0) is 11.0 Å². The summed E-state index contributed by atoms with van der Waals surface area (Å²) >= 11 is 0. The number of benzene rings is 1. The molecule has 0 heterocycles. The van der Waals surface area contributed by atoms with E-state index in [9.17, 15) is 4.79 Å². The molecule has 2 nitrogen and oxygen atoms in total. The molecule has 0 N–H and O–H groups in total. The largest absolute Gasteiger partial charge is 0.458 e. The number of rotatable bonds is 3. The van der Waals surface area contributed by atoms with E-state index in [1.807, 2.05) is 57.2 Å². The van der Waals surface area contributed by atoms with E-state index in [1.165, 1.54) is 6.08 Å². The maximum absolute atomic E-state index is 11.4. The average Bonchev–Trinajstić information content (AvgIpc) is 2.24. The van der Waals surface area contributed by atoms with Crippen molar-refractivity contribution in [2.75, 3.05) is 0 Å². The summed E-state index contributed by atoms with van der Waals surface area (Å²) in [6, 6.07) is 9.65. The SMILES string of the molecule is CC(C)(C)/C=C\C(=O)OCc1ccccc1. The van der Waals surface area contributed by atoms with Crippen LogP contribution in [0.25, 0.3) is 0 Å². The molecule has 0 unspecified atom stereocenters. The van der Waals surface area contributed by atoms with Crippen LogP contribution in [-0.4, -0.2) is 5.97 Å². The van der Waals surface area contributed by atoms with Gasteiger partial charge in [-0.2, -0.15) is 0 Å². The van der Waals surface area contributed by atoms with Crippen LogP contribution in [0.5, 0.6) is 0 Å². The normalized spacial score (nSPS) is 11.7. The van der Waals surface area contributed by atoms with Crippen LogP contribution in [0.4, 0.5) is 0 Å². The van der Waals surface area contributed by atoms with Crippen molar-refractivity contribution in [3.05, 3.63) is 48.0 Å². The fourth-order valence-corrected chi connectivity index (χ4v) is 1.09. The molecule has 1 rings (SSSR count). The highest BCUT2D eigenvalue weighted by Crippen LogP contribution is 2.14. The van der Waals surface area contributed by atoms with Gasteiger partial charge in [0.25, 0.3) is 0 Å². The minimum Gasteiger partial charge on any atom is -0.458 e. The van der Waals surface area contributed by atoms with E-state index in [1.54, 1.807) is 0 Å². The zero-order valence-corrected chi connectivity index (χ0v) is 10.1. The first-order chi connectivity index (χ1) is 7.47. The lowest BCUT2D eigenvalue weighted by Crippen LogP contribution is -2.04. The highest BCUT2D eigenvalue weighted by atomic mass is 16.5. The molecule has 0 aliphatic rings. The Balaban J connectivity index is 2.40. The number of hydrogen-bond acceptors (Lipinski definition) is 2. The van der Waals surface area contributed by atoms with Crippen LogP contribution in [0, 0.1) is 5.41 Å². The number of hydrogen-bond donors (Lipinski definition) is 0. The second kappa shape index (κ2) is 5.50. The highest BCUT2D eigenvalue weighted by molar-refractivity contribution is 5.82. The van der Waals surface area contributed by atoms with Crippen LogP contribution in [0.3, 0.4) is 0 Å². The Hall–Kier alpha value is -1.57. The predicted molar refractivity (Wildman–Crippen MR) is 64.8 cm³/mol. The number of esters is 1. The molecule has 0 atom stereocenters. The third-order valence-corrected chi connectivity index (χ3v) is 1.94. The lowest BCUT2D eigenvalue weighted by Gasteiger charge is -2.10. The van der Waals surface area contributed by atoms with Crippen molar-refractivity contribution in [1.82, 2.24) is 0 Å². The number of allylic oxidation sites excluding steroid dienone is 1. The zero-order valence-electron chi connectivity index (χ0n) is 10.1. The van der Waals surface area contributed by atoms with Gasteiger partial charge < -0.3 is 4.74 Å². The minimum atomic E-state index is -0.293. The Morgan fingerprint density at radius 3 is 2.44 bits per heavy atom. The summed E-state index contributed by atoms with van der Waals surface area (Å²) in [7, 11) is 0. The molecule has 0 bridgehead atoms. The molecule has 0 aliphatic carbocycles. The van der Waals surface area contributed by atoms with Crippen molar-refractivity contribution in [2.45, 2.75) is 27.4 Å². The molecule has 86 valence electrons. The van der Waals surface area contributed by atoms with Gasteiger partial charge in [-0.25, -0.2) is 4.79 Å². The van der Waals surface area contributed by atoms with Gasteiger partial charge in [0.05, 0.1) is 0 Å². The first-order valence-corrected chi connectivity index (χ1v) is 5.37. The molecule has 0 saturated heterocycles. The second-order valence-electron chi connectivity index (χ2n) is 4.79. The number of carbonyl (C=O) groups excluding carboxylic acids is 1. The van der Waals surface area contributed by atoms with Crippen LogP contribution in [0.15, 0.2) is 42.5 Å². The average molecular weight is 218 g/mol. The Morgan fingerprint density at radius 1 is 1.25 bits per heavy atom. The van der Waals surface area contributed by atoms with Gasteiger partial charge >= 0.3 is 5.97 Å². The quantitative estimate of drug-likeness (QED) is 0.574. The van der Waals surface area contributed by atoms with Crippen molar-refractivity contribution in [1.29, 1.82) is 0 Å². The molecular formula is C14H18O2. The van der Waals surface area contributed by atoms with Gasteiger partial charge in [0.1, 0.15) is 6.61 Å². The van der Waals surface area contributed by atoms with E-state index >= 15 is 0 Å². The predicted octanol–water partition coefficient (Wildman–Crippen LogP) is 3.33. The lowest BCUT2D eigenvalue weighted by molar-refractivity contribution is -0.139. The summed E-state index contributed by atoms with van der Waals surface area (Å²) in [4.78, 5) is 11.4. The first kappa shape index (κ1) is 12.5. The molecule has 2 heteroatoms. The Labute approximate surface area is 96.9 Å². The van der Waals surface area contributed by atoms with Crippen LogP contribution < -0.4 is 0 Å².